The number of hydrogen-bond donors (Lipinski definition) is 1. The van der Waals surface area contributed by atoms with Gasteiger partial charge in [-0.25, -0.2) is 4.39 Å². The first-order chi connectivity index (χ1) is 7.99. The smallest absolute Gasteiger partial charge is 0.123 e. The molecule has 0 aliphatic carbocycles. The van der Waals surface area contributed by atoms with E-state index in [1.165, 1.54) is 5.56 Å². The molecule has 96 valence electrons. The predicted octanol–water partition coefficient (Wildman–Crippen LogP) is 3.56. The Morgan fingerprint density at radius 1 is 1.18 bits per heavy atom. The van der Waals surface area contributed by atoms with Crippen LogP contribution in [0, 0.1) is 24.6 Å². The lowest BCUT2D eigenvalue weighted by atomic mass is 9.97. The van der Waals surface area contributed by atoms with Gasteiger partial charge in [0.25, 0.3) is 0 Å². The lowest BCUT2D eigenvalue weighted by Gasteiger charge is -2.15. The standard InChI is InChI=1S/C15H24FN/c1-11(2)9-17-10-12(3)7-14-5-6-15(16)8-13(14)4/h5-6,8,11-12,17H,7,9-10H2,1-4H3. The van der Waals surface area contributed by atoms with Crippen molar-refractivity contribution in [3.8, 4) is 0 Å². The molecule has 17 heavy (non-hydrogen) atoms. The van der Waals surface area contributed by atoms with Crippen LogP contribution < -0.4 is 5.32 Å². The maximum atomic E-state index is 13.0. The fourth-order valence-electron chi connectivity index (χ4n) is 1.95. The molecule has 1 atom stereocenters. The molecule has 1 nitrogen and oxygen atoms in total. The van der Waals surface area contributed by atoms with Crippen LogP contribution >= 0.6 is 0 Å². The quantitative estimate of drug-likeness (QED) is 0.797. The minimum absolute atomic E-state index is 0.142. The summed E-state index contributed by atoms with van der Waals surface area (Å²) < 4.78 is 13.0. The van der Waals surface area contributed by atoms with Crippen LogP contribution in [0.25, 0.3) is 0 Å². The molecular weight excluding hydrogens is 213 g/mol. The Hall–Kier alpha value is -0.890. The van der Waals surface area contributed by atoms with Crippen molar-refractivity contribution >= 4 is 0 Å². The molecule has 0 aliphatic heterocycles. The number of nitrogens with one attached hydrogen (secondary N) is 1. The van der Waals surface area contributed by atoms with Gasteiger partial charge in [-0.05, 0) is 61.5 Å². The summed E-state index contributed by atoms with van der Waals surface area (Å²) in [6.45, 7) is 10.7. The van der Waals surface area contributed by atoms with Crippen LogP contribution in [0.1, 0.15) is 31.9 Å². The van der Waals surface area contributed by atoms with Crippen LogP contribution in [0.5, 0.6) is 0 Å². The topological polar surface area (TPSA) is 12.0 Å². The van der Waals surface area contributed by atoms with E-state index in [-0.39, 0.29) is 5.82 Å². The van der Waals surface area contributed by atoms with Crippen LogP contribution in [0.2, 0.25) is 0 Å². The molecule has 2 heteroatoms. The third kappa shape index (κ3) is 5.31. The zero-order chi connectivity index (χ0) is 12.8. The Morgan fingerprint density at radius 3 is 2.47 bits per heavy atom. The number of benzene rings is 1. The van der Waals surface area contributed by atoms with E-state index in [0.717, 1.165) is 25.1 Å². The van der Waals surface area contributed by atoms with Gasteiger partial charge in [-0.2, -0.15) is 0 Å². The van der Waals surface area contributed by atoms with Crippen molar-refractivity contribution < 1.29 is 4.39 Å². The summed E-state index contributed by atoms with van der Waals surface area (Å²) in [7, 11) is 0. The summed E-state index contributed by atoms with van der Waals surface area (Å²) in [5.74, 6) is 1.13. The fraction of sp³-hybridized carbons (Fsp3) is 0.600. The Bertz CT molecular complexity index is 347. The highest BCUT2D eigenvalue weighted by Gasteiger charge is 2.06. The lowest BCUT2D eigenvalue weighted by molar-refractivity contribution is 0.473. The zero-order valence-electron chi connectivity index (χ0n) is 11.4. The molecule has 0 bridgehead atoms. The summed E-state index contributed by atoms with van der Waals surface area (Å²) in [5, 5.41) is 3.46. The molecular formula is C15H24FN. The van der Waals surface area contributed by atoms with Gasteiger partial charge < -0.3 is 5.32 Å². The first-order valence-corrected chi connectivity index (χ1v) is 6.44. The van der Waals surface area contributed by atoms with E-state index in [1.54, 1.807) is 12.1 Å². The van der Waals surface area contributed by atoms with Crippen molar-refractivity contribution in [3.63, 3.8) is 0 Å². The molecule has 1 unspecified atom stereocenters. The van der Waals surface area contributed by atoms with Gasteiger partial charge in [-0.1, -0.05) is 26.8 Å². The first-order valence-electron chi connectivity index (χ1n) is 6.44. The van der Waals surface area contributed by atoms with E-state index in [0.29, 0.717) is 11.8 Å². The maximum Gasteiger partial charge on any atom is 0.123 e. The maximum absolute atomic E-state index is 13.0. The van der Waals surface area contributed by atoms with Gasteiger partial charge in [-0.15, -0.1) is 0 Å². The van der Waals surface area contributed by atoms with Crippen LogP contribution in [-0.2, 0) is 6.42 Å². The van der Waals surface area contributed by atoms with E-state index in [4.69, 9.17) is 0 Å². The second-order valence-corrected chi connectivity index (χ2v) is 5.43. The molecule has 1 rings (SSSR count). The monoisotopic (exact) mass is 237 g/mol. The molecule has 0 aromatic heterocycles. The highest BCUT2D eigenvalue weighted by molar-refractivity contribution is 5.26. The highest BCUT2D eigenvalue weighted by atomic mass is 19.1. The van der Waals surface area contributed by atoms with Crippen molar-refractivity contribution in [1.29, 1.82) is 0 Å². The average molecular weight is 237 g/mol. The minimum Gasteiger partial charge on any atom is -0.316 e. The van der Waals surface area contributed by atoms with Crippen molar-refractivity contribution in [2.24, 2.45) is 11.8 Å². The summed E-state index contributed by atoms with van der Waals surface area (Å²) >= 11 is 0. The number of halogens is 1. The van der Waals surface area contributed by atoms with Crippen molar-refractivity contribution in [1.82, 2.24) is 5.32 Å². The molecule has 0 aliphatic rings. The zero-order valence-corrected chi connectivity index (χ0v) is 11.4. The molecule has 0 saturated carbocycles. The minimum atomic E-state index is -0.142. The second kappa shape index (κ2) is 6.75. The SMILES string of the molecule is Cc1cc(F)ccc1CC(C)CNCC(C)C. The fourth-order valence-corrected chi connectivity index (χ4v) is 1.95. The molecule has 1 aromatic carbocycles. The van der Waals surface area contributed by atoms with Gasteiger partial charge in [-0.3, -0.25) is 0 Å². The van der Waals surface area contributed by atoms with Crippen LogP contribution in [0.4, 0.5) is 4.39 Å². The van der Waals surface area contributed by atoms with Gasteiger partial charge in [0.1, 0.15) is 5.82 Å². The van der Waals surface area contributed by atoms with Crippen molar-refractivity contribution in [3.05, 3.63) is 35.1 Å². The Morgan fingerprint density at radius 2 is 1.88 bits per heavy atom. The number of rotatable bonds is 6. The summed E-state index contributed by atoms with van der Waals surface area (Å²) in [6, 6.07) is 5.07. The van der Waals surface area contributed by atoms with Gasteiger partial charge in [0.05, 0.1) is 0 Å². The lowest BCUT2D eigenvalue weighted by Crippen LogP contribution is -2.26. The largest absolute Gasteiger partial charge is 0.316 e. The van der Waals surface area contributed by atoms with Gasteiger partial charge in [0.2, 0.25) is 0 Å². The molecule has 0 spiro atoms. The molecule has 0 heterocycles. The van der Waals surface area contributed by atoms with Gasteiger partial charge >= 0.3 is 0 Å². The third-order valence-corrected chi connectivity index (χ3v) is 2.92. The van der Waals surface area contributed by atoms with E-state index in [2.05, 4.69) is 26.1 Å². The van der Waals surface area contributed by atoms with E-state index in [9.17, 15) is 4.39 Å². The predicted molar refractivity (Wildman–Crippen MR) is 71.7 cm³/mol. The van der Waals surface area contributed by atoms with Crippen molar-refractivity contribution in [2.75, 3.05) is 13.1 Å². The molecule has 0 amide bonds. The van der Waals surface area contributed by atoms with Crippen LogP contribution in [0.3, 0.4) is 0 Å². The Balaban J connectivity index is 2.42. The third-order valence-electron chi connectivity index (χ3n) is 2.92. The summed E-state index contributed by atoms with van der Waals surface area (Å²) in [6.07, 6.45) is 1.01. The van der Waals surface area contributed by atoms with E-state index < -0.39 is 0 Å². The summed E-state index contributed by atoms with van der Waals surface area (Å²) in [4.78, 5) is 0. The summed E-state index contributed by atoms with van der Waals surface area (Å²) in [5.41, 5.74) is 2.31. The molecule has 0 fully saturated rings. The highest BCUT2D eigenvalue weighted by Crippen LogP contribution is 2.14. The Kier molecular flexibility index (Phi) is 5.63. The molecule has 0 saturated heterocycles. The second-order valence-electron chi connectivity index (χ2n) is 5.43. The van der Waals surface area contributed by atoms with Gasteiger partial charge in [0.15, 0.2) is 0 Å². The molecule has 1 N–H and O–H groups in total. The van der Waals surface area contributed by atoms with Crippen molar-refractivity contribution in [2.45, 2.75) is 34.1 Å². The van der Waals surface area contributed by atoms with E-state index >= 15 is 0 Å². The number of hydrogen-bond acceptors (Lipinski definition) is 1. The first kappa shape index (κ1) is 14.2. The van der Waals surface area contributed by atoms with Crippen LogP contribution in [0.15, 0.2) is 18.2 Å². The molecule has 0 radical (unpaired) electrons. The van der Waals surface area contributed by atoms with Crippen LogP contribution in [-0.4, -0.2) is 13.1 Å². The van der Waals surface area contributed by atoms with Gasteiger partial charge in [0, 0.05) is 0 Å². The van der Waals surface area contributed by atoms with E-state index in [1.807, 2.05) is 13.0 Å². The Labute approximate surface area is 104 Å². The number of aryl methyl sites for hydroxylation is 1. The molecule has 1 aromatic rings. The average Bonchev–Trinajstić information content (AvgIpc) is 2.21. The normalized spacial score (nSPS) is 13.1.